The van der Waals surface area contributed by atoms with Crippen molar-refractivity contribution in [3.63, 3.8) is 0 Å². The fraction of sp³-hybridized carbons (Fsp3) is 0.160. The number of thiocarbonyl (C=S) groups is 1. The highest BCUT2D eigenvalue weighted by Crippen LogP contribution is 2.31. The van der Waals surface area contributed by atoms with E-state index in [-0.39, 0.29) is 11.0 Å². The largest absolute Gasteiger partial charge is 0.436 e. The van der Waals surface area contributed by atoms with Crippen LogP contribution in [-0.4, -0.2) is 16.0 Å². The van der Waals surface area contributed by atoms with Gasteiger partial charge in [-0.15, -0.1) is 0 Å². The molecule has 2 N–H and O–H groups in total. The first-order chi connectivity index (χ1) is 15.8. The number of rotatable bonds is 5. The van der Waals surface area contributed by atoms with Gasteiger partial charge in [0, 0.05) is 14.7 Å². The maximum atomic E-state index is 12.5. The zero-order valence-corrected chi connectivity index (χ0v) is 21.7. The fourth-order valence-corrected chi connectivity index (χ4v) is 4.23. The summed E-state index contributed by atoms with van der Waals surface area (Å²) in [5, 5.41) is 6.28. The average molecular weight is 590 g/mol. The van der Waals surface area contributed by atoms with Gasteiger partial charge in [0.05, 0.1) is 10.7 Å². The van der Waals surface area contributed by atoms with Gasteiger partial charge in [0.15, 0.2) is 10.7 Å². The van der Waals surface area contributed by atoms with Crippen molar-refractivity contribution in [3.05, 3.63) is 80.4 Å². The molecule has 1 amide bonds. The molecule has 0 aliphatic rings. The number of amides is 1. The molecule has 0 saturated heterocycles. The highest BCUT2D eigenvalue weighted by Gasteiger charge is 2.14. The summed E-state index contributed by atoms with van der Waals surface area (Å²) in [6.45, 7) is 4.36. The second-order valence-electron chi connectivity index (χ2n) is 7.67. The van der Waals surface area contributed by atoms with Gasteiger partial charge < -0.3 is 9.73 Å². The summed E-state index contributed by atoms with van der Waals surface area (Å²) in [4.78, 5) is 17.1. The van der Waals surface area contributed by atoms with Gasteiger partial charge in [-0.25, -0.2) is 4.98 Å². The lowest BCUT2D eigenvalue weighted by atomic mass is 9.98. The third kappa shape index (κ3) is 5.54. The molecule has 1 aromatic heterocycles. The molecule has 1 heterocycles. The topological polar surface area (TPSA) is 67.2 Å². The van der Waals surface area contributed by atoms with Crippen LogP contribution in [0.5, 0.6) is 0 Å². The molecule has 0 aliphatic carbocycles. The number of oxazole rings is 1. The third-order valence-electron chi connectivity index (χ3n) is 5.37. The highest BCUT2D eigenvalue weighted by atomic mass is 127. The van der Waals surface area contributed by atoms with E-state index in [0.29, 0.717) is 28.1 Å². The molecular weight excluding hydrogens is 569 g/mol. The van der Waals surface area contributed by atoms with Crippen LogP contribution in [0.4, 0.5) is 5.69 Å². The number of nitrogens with one attached hydrogen (secondary N) is 2. The van der Waals surface area contributed by atoms with E-state index in [4.69, 9.17) is 28.2 Å². The maximum Gasteiger partial charge on any atom is 0.257 e. The lowest BCUT2D eigenvalue weighted by Crippen LogP contribution is -2.34. The average Bonchev–Trinajstić information content (AvgIpc) is 3.23. The third-order valence-corrected chi connectivity index (χ3v) is 6.57. The van der Waals surface area contributed by atoms with Crippen molar-refractivity contribution >= 4 is 74.2 Å². The summed E-state index contributed by atoms with van der Waals surface area (Å²) in [6.07, 6.45) is 1.06. The molecule has 168 valence electrons. The van der Waals surface area contributed by atoms with Gasteiger partial charge in [0.25, 0.3) is 5.91 Å². The van der Waals surface area contributed by atoms with Crippen molar-refractivity contribution in [2.24, 2.45) is 0 Å². The van der Waals surface area contributed by atoms with Crippen molar-refractivity contribution < 1.29 is 9.21 Å². The Kier molecular flexibility index (Phi) is 7.31. The number of halogens is 2. The minimum atomic E-state index is -0.297. The minimum absolute atomic E-state index is 0.147. The first-order valence-corrected chi connectivity index (χ1v) is 12.3. The molecule has 0 bridgehead atoms. The Morgan fingerprint density at radius 3 is 2.76 bits per heavy atom. The summed E-state index contributed by atoms with van der Waals surface area (Å²) in [6, 6.07) is 18.7. The molecule has 4 aromatic rings. The lowest BCUT2D eigenvalue weighted by Gasteiger charge is -2.12. The van der Waals surface area contributed by atoms with Crippen LogP contribution in [0.3, 0.4) is 0 Å². The van der Waals surface area contributed by atoms with Crippen LogP contribution >= 0.6 is 46.4 Å². The van der Waals surface area contributed by atoms with Gasteiger partial charge in [0.1, 0.15) is 5.52 Å². The predicted octanol–water partition coefficient (Wildman–Crippen LogP) is 7.39. The molecule has 3 aromatic carbocycles. The second kappa shape index (κ2) is 10.2. The van der Waals surface area contributed by atoms with E-state index in [0.717, 1.165) is 26.7 Å². The Morgan fingerprint density at radius 1 is 1.18 bits per heavy atom. The van der Waals surface area contributed by atoms with Gasteiger partial charge in [-0.3, -0.25) is 10.1 Å². The summed E-state index contributed by atoms with van der Waals surface area (Å²) < 4.78 is 6.93. The second-order valence-corrected chi connectivity index (χ2v) is 9.73. The number of benzene rings is 3. The van der Waals surface area contributed by atoms with Crippen LogP contribution in [0.25, 0.3) is 22.6 Å². The number of anilines is 1. The van der Waals surface area contributed by atoms with E-state index in [9.17, 15) is 4.79 Å². The molecule has 33 heavy (non-hydrogen) atoms. The maximum absolute atomic E-state index is 12.5. The predicted molar refractivity (Wildman–Crippen MR) is 146 cm³/mol. The standard InChI is InChI=1S/C25H21ClIN3O2S/c1-3-14(2)15-8-10-22-21(12-15)28-24(32-22)17-7-9-19(26)20(13-17)29-25(33)30-23(31)16-5-4-6-18(27)11-16/h4-14H,3H2,1-2H3,(H2,29,30,31,33). The fourth-order valence-electron chi connectivity index (χ4n) is 3.32. The highest BCUT2D eigenvalue weighted by molar-refractivity contribution is 14.1. The zero-order chi connectivity index (χ0) is 23.5. The molecule has 8 heteroatoms. The molecule has 0 radical (unpaired) electrons. The summed E-state index contributed by atoms with van der Waals surface area (Å²) >= 11 is 13.8. The van der Waals surface area contributed by atoms with Gasteiger partial charge in [-0.2, -0.15) is 0 Å². The summed E-state index contributed by atoms with van der Waals surface area (Å²) in [5.41, 5.74) is 4.58. The van der Waals surface area contributed by atoms with Crippen molar-refractivity contribution in [2.45, 2.75) is 26.2 Å². The summed E-state index contributed by atoms with van der Waals surface area (Å²) in [7, 11) is 0. The quantitative estimate of drug-likeness (QED) is 0.188. The first kappa shape index (κ1) is 23.7. The van der Waals surface area contributed by atoms with Crippen LogP contribution < -0.4 is 10.6 Å². The van der Waals surface area contributed by atoms with Crippen LogP contribution in [0.15, 0.2) is 65.1 Å². The molecule has 0 fully saturated rings. The molecule has 1 unspecified atom stereocenters. The molecule has 1 atom stereocenters. The zero-order valence-electron chi connectivity index (χ0n) is 18.0. The number of aromatic nitrogens is 1. The number of carbonyl (C=O) groups is 1. The Hall–Kier alpha value is -2.49. The molecule has 0 aliphatic heterocycles. The Bertz CT molecular complexity index is 1350. The van der Waals surface area contributed by atoms with E-state index < -0.39 is 0 Å². The normalized spacial score (nSPS) is 11.9. The number of hydrogen-bond donors (Lipinski definition) is 2. The van der Waals surface area contributed by atoms with E-state index in [2.05, 4.69) is 64.2 Å². The van der Waals surface area contributed by atoms with Crippen LogP contribution in [0, 0.1) is 3.57 Å². The van der Waals surface area contributed by atoms with E-state index in [1.807, 2.05) is 24.3 Å². The smallest absolute Gasteiger partial charge is 0.257 e. The number of fused-ring (bicyclic) bond motifs is 1. The van der Waals surface area contributed by atoms with Crippen molar-refractivity contribution in [1.82, 2.24) is 10.3 Å². The van der Waals surface area contributed by atoms with Crippen LogP contribution in [0.1, 0.15) is 42.1 Å². The lowest BCUT2D eigenvalue weighted by molar-refractivity contribution is 0.0977. The molecule has 0 spiro atoms. The van der Waals surface area contributed by atoms with Crippen LogP contribution in [0.2, 0.25) is 5.02 Å². The van der Waals surface area contributed by atoms with Crippen molar-refractivity contribution in [2.75, 3.05) is 5.32 Å². The molecule has 5 nitrogen and oxygen atoms in total. The molecule has 0 saturated carbocycles. The van der Waals surface area contributed by atoms with Gasteiger partial charge in [-0.05, 0) is 101 Å². The Balaban J connectivity index is 1.54. The monoisotopic (exact) mass is 589 g/mol. The molecule has 4 rings (SSSR count). The SMILES string of the molecule is CCC(C)c1ccc2oc(-c3ccc(Cl)c(NC(=S)NC(=O)c4cccc(I)c4)c3)nc2c1. The van der Waals surface area contributed by atoms with Crippen molar-refractivity contribution in [1.29, 1.82) is 0 Å². The Labute approximate surface area is 216 Å². The first-order valence-electron chi connectivity index (χ1n) is 10.4. The van der Waals surface area contributed by atoms with Crippen molar-refractivity contribution in [3.8, 4) is 11.5 Å². The van der Waals surface area contributed by atoms with E-state index in [1.54, 1.807) is 24.3 Å². The number of carbonyl (C=O) groups excluding carboxylic acids is 1. The van der Waals surface area contributed by atoms with E-state index in [1.165, 1.54) is 5.56 Å². The van der Waals surface area contributed by atoms with Crippen LogP contribution in [-0.2, 0) is 0 Å². The number of hydrogen-bond acceptors (Lipinski definition) is 4. The van der Waals surface area contributed by atoms with Gasteiger partial charge in [-0.1, -0.05) is 37.6 Å². The Morgan fingerprint density at radius 2 is 2.00 bits per heavy atom. The number of nitrogens with zero attached hydrogens (tertiary/aromatic N) is 1. The molecular formula is C25H21ClIN3O2S. The van der Waals surface area contributed by atoms with Gasteiger partial charge >= 0.3 is 0 Å². The minimum Gasteiger partial charge on any atom is -0.436 e. The van der Waals surface area contributed by atoms with E-state index >= 15 is 0 Å². The van der Waals surface area contributed by atoms with Gasteiger partial charge in [0.2, 0.25) is 5.89 Å². The summed E-state index contributed by atoms with van der Waals surface area (Å²) in [5.74, 6) is 0.644.